The number of nitrogens with zero attached hydrogens (tertiary/aromatic N) is 1. The van der Waals surface area contributed by atoms with Crippen molar-refractivity contribution in [3.8, 4) is 0 Å². The number of nitrogens with two attached hydrogens (primary N) is 1. The standard InChI is InChI=1S/C14H28N2O2/c1-3-13-11-16(9-4-10-18-13)14(17)6-5-12(2)7-8-15/h12-13H,3-11,15H2,1-2H3. The molecule has 0 radical (unpaired) electrons. The molecule has 2 atom stereocenters. The summed E-state index contributed by atoms with van der Waals surface area (Å²) in [4.78, 5) is 14.1. The van der Waals surface area contributed by atoms with E-state index in [4.69, 9.17) is 10.5 Å². The van der Waals surface area contributed by atoms with Crippen molar-refractivity contribution >= 4 is 5.91 Å². The summed E-state index contributed by atoms with van der Waals surface area (Å²) < 4.78 is 5.69. The third-order valence-electron chi connectivity index (χ3n) is 3.67. The van der Waals surface area contributed by atoms with E-state index in [1.54, 1.807) is 0 Å². The molecule has 106 valence electrons. The molecular formula is C14H28N2O2. The zero-order chi connectivity index (χ0) is 13.4. The number of rotatable bonds is 6. The van der Waals surface area contributed by atoms with Crippen LogP contribution in [0.25, 0.3) is 0 Å². The van der Waals surface area contributed by atoms with Crippen molar-refractivity contribution in [2.75, 3.05) is 26.2 Å². The molecule has 4 nitrogen and oxygen atoms in total. The average molecular weight is 256 g/mol. The van der Waals surface area contributed by atoms with E-state index in [2.05, 4.69) is 13.8 Å². The summed E-state index contributed by atoms with van der Waals surface area (Å²) in [6.07, 6.45) is 4.77. The maximum absolute atomic E-state index is 12.2. The number of carbonyl (C=O) groups excluding carboxylic acids is 1. The molecule has 1 rings (SSSR count). The van der Waals surface area contributed by atoms with Gasteiger partial charge in [0.1, 0.15) is 0 Å². The van der Waals surface area contributed by atoms with Gasteiger partial charge in [-0.25, -0.2) is 0 Å². The third-order valence-corrected chi connectivity index (χ3v) is 3.67. The SMILES string of the molecule is CCC1CN(C(=O)CCC(C)CCN)CCCO1. The van der Waals surface area contributed by atoms with Gasteiger partial charge in [-0.15, -0.1) is 0 Å². The summed E-state index contributed by atoms with van der Waals surface area (Å²) in [6.45, 7) is 7.39. The average Bonchev–Trinajstić information content (AvgIpc) is 2.61. The lowest BCUT2D eigenvalue weighted by molar-refractivity contribution is -0.132. The summed E-state index contributed by atoms with van der Waals surface area (Å²) in [6, 6.07) is 0. The lowest BCUT2D eigenvalue weighted by atomic mass is 10.0. The Bertz CT molecular complexity index is 246. The van der Waals surface area contributed by atoms with E-state index in [-0.39, 0.29) is 12.0 Å². The Balaban J connectivity index is 2.34. The molecule has 1 aliphatic rings. The Labute approximate surface area is 111 Å². The van der Waals surface area contributed by atoms with E-state index < -0.39 is 0 Å². The van der Waals surface area contributed by atoms with Crippen LogP contribution in [-0.2, 0) is 9.53 Å². The van der Waals surface area contributed by atoms with Crippen LogP contribution in [0.4, 0.5) is 0 Å². The summed E-state index contributed by atoms with van der Waals surface area (Å²) in [5.41, 5.74) is 5.52. The van der Waals surface area contributed by atoms with Gasteiger partial charge in [0.2, 0.25) is 5.91 Å². The van der Waals surface area contributed by atoms with Gasteiger partial charge in [-0.3, -0.25) is 4.79 Å². The molecule has 0 spiro atoms. The topological polar surface area (TPSA) is 55.6 Å². The first-order chi connectivity index (χ1) is 8.67. The van der Waals surface area contributed by atoms with Crippen LogP contribution in [0, 0.1) is 5.92 Å². The van der Waals surface area contributed by atoms with Crippen LogP contribution in [0.15, 0.2) is 0 Å². The first kappa shape index (κ1) is 15.4. The Kier molecular flexibility index (Phi) is 7.28. The predicted molar refractivity (Wildman–Crippen MR) is 73.3 cm³/mol. The van der Waals surface area contributed by atoms with Crippen LogP contribution in [0.5, 0.6) is 0 Å². The van der Waals surface area contributed by atoms with Crippen LogP contribution >= 0.6 is 0 Å². The van der Waals surface area contributed by atoms with Gasteiger partial charge in [-0.05, 0) is 38.1 Å². The van der Waals surface area contributed by atoms with Crippen molar-refractivity contribution in [3.63, 3.8) is 0 Å². The monoisotopic (exact) mass is 256 g/mol. The van der Waals surface area contributed by atoms with E-state index in [0.29, 0.717) is 18.9 Å². The van der Waals surface area contributed by atoms with Crippen LogP contribution < -0.4 is 5.73 Å². The van der Waals surface area contributed by atoms with Gasteiger partial charge in [0, 0.05) is 26.1 Å². The second-order valence-electron chi connectivity index (χ2n) is 5.32. The van der Waals surface area contributed by atoms with Crippen LogP contribution in [-0.4, -0.2) is 43.2 Å². The number of hydrogen-bond donors (Lipinski definition) is 1. The largest absolute Gasteiger partial charge is 0.376 e. The molecule has 0 saturated carbocycles. The summed E-state index contributed by atoms with van der Waals surface area (Å²) in [5, 5.41) is 0. The fourth-order valence-electron chi connectivity index (χ4n) is 2.33. The Morgan fingerprint density at radius 3 is 2.94 bits per heavy atom. The lowest BCUT2D eigenvalue weighted by Crippen LogP contribution is -2.36. The predicted octanol–water partition coefficient (Wildman–Crippen LogP) is 1.78. The zero-order valence-corrected chi connectivity index (χ0v) is 11.9. The molecule has 1 aliphatic heterocycles. The Morgan fingerprint density at radius 2 is 2.28 bits per heavy atom. The van der Waals surface area contributed by atoms with Crippen molar-refractivity contribution in [2.24, 2.45) is 11.7 Å². The highest BCUT2D eigenvalue weighted by atomic mass is 16.5. The minimum atomic E-state index is 0.220. The highest BCUT2D eigenvalue weighted by Crippen LogP contribution is 2.14. The molecule has 18 heavy (non-hydrogen) atoms. The molecule has 0 bridgehead atoms. The van der Waals surface area contributed by atoms with E-state index in [1.807, 2.05) is 4.90 Å². The van der Waals surface area contributed by atoms with E-state index >= 15 is 0 Å². The molecule has 1 heterocycles. The number of carbonyl (C=O) groups is 1. The van der Waals surface area contributed by atoms with Gasteiger partial charge in [0.05, 0.1) is 6.10 Å². The Hall–Kier alpha value is -0.610. The van der Waals surface area contributed by atoms with Crippen molar-refractivity contribution < 1.29 is 9.53 Å². The van der Waals surface area contributed by atoms with Gasteiger partial charge in [0.25, 0.3) is 0 Å². The second kappa shape index (κ2) is 8.48. The van der Waals surface area contributed by atoms with Gasteiger partial charge in [-0.2, -0.15) is 0 Å². The van der Waals surface area contributed by atoms with Gasteiger partial charge in [0.15, 0.2) is 0 Å². The van der Waals surface area contributed by atoms with Crippen LogP contribution in [0.3, 0.4) is 0 Å². The van der Waals surface area contributed by atoms with Gasteiger partial charge < -0.3 is 15.4 Å². The fourth-order valence-corrected chi connectivity index (χ4v) is 2.33. The molecule has 0 aromatic rings. The highest BCUT2D eigenvalue weighted by molar-refractivity contribution is 5.76. The molecule has 1 saturated heterocycles. The first-order valence-electron chi connectivity index (χ1n) is 7.26. The van der Waals surface area contributed by atoms with E-state index in [1.165, 1.54) is 0 Å². The summed E-state index contributed by atoms with van der Waals surface area (Å²) >= 11 is 0. The smallest absolute Gasteiger partial charge is 0.222 e. The van der Waals surface area contributed by atoms with Gasteiger partial charge >= 0.3 is 0 Å². The minimum Gasteiger partial charge on any atom is -0.376 e. The molecule has 0 aliphatic carbocycles. The van der Waals surface area contributed by atoms with Crippen molar-refractivity contribution in [2.45, 2.75) is 52.1 Å². The van der Waals surface area contributed by atoms with Crippen LogP contribution in [0.1, 0.15) is 46.0 Å². The quantitative estimate of drug-likeness (QED) is 0.788. The molecule has 0 aromatic heterocycles. The van der Waals surface area contributed by atoms with Crippen LogP contribution in [0.2, 0.25) is 0 Å². The van der Waals surface area contributed by atoms with E-state index in [9.17, 15) is 4.79 Å². The Morgan fingerprint density at radius 1 is 1.50 bits per heavy atom. The molecule has 2 N–H and O–H groups in total. The van der Waals surface area contributed by atoms with Gasteiger partial charge in [-0.1, -0.05) is 13.8 Å². The number of amides is 1. The molecule has 0 aromatic carbocycles. The van der Waals surface area contributed by atoms with E-state index in [0.717, 1.165) is 45.4 Å². The molecule has 2 unspecified atom stereocenters. The normalized spacial score (nSPS) is 22.6. The molecule has 1 fully saturated rings. The molecule has 1 amide bonds. The summed E-state index contributed by atoms with van der Waals surface area (Å²) in [7, 11) is 0. The fraction of sp³-hybridized carbons (Fsp3) is 0.929. The second-order valence-corrected chi connectivity index (χ2v) is 5.32. The highest BCUT2D eigenvalue weighted by Gasteiger charge is 2.21. The van der Waals surface area contributed by atoms with Crippen molar-refractivity contribution in [1.82, 2.24) is 4.90 Å². The van der Waals surface area contributed by atoms with Crippen molar-refractivity contribution in [1.29, 1.82) is 0 Å². The third kappa shape index (κ3) is 5.36. The number of ether oxygens (including phenoxy) is 1. The zero-order valence-electron chi connectivity index (χ0n) is 11.9. The summed E-state index contributed by atoms with van der Waals surface area (Å²) in [5.74, 6) is 0.826. The first-order valence-corrected chi connectivity index (χ1v) is 7.26. The number of hydrogen-bond acceptors (Lipinski definition) is 3. The van der Waals surface area contributed by atoms with Crippen molar-refractivity contribution in [3.05, 3.63) is 0 Å². The minimum absolute atomic E-state index is 0.220. The lowest BCUT2D eigenvalue weighted by Gasteiger charge is -2.24. The molecule has 4 heteroatoms. The molecular weight excluding hydrogens is 228 g/mol. The maximum Gasteiger partial charge on any atom is 0.222 e. The maximum atomic E-state index is 12.2.